The summed E-state index contributed by atoms with van der Waals surface area (Å²) in [5.41, 5.74) is 0.762. The first-order valence-electron chi connectivity index (χ1n) is 7.07. The number of rotatable bonds is 5. The summed E-state index contributed by atoms with van der Waals surface area (Å²) in [5, 5.41) is 2.95. The van der Waals surface area contributed by atoms with Crippen LogP contribution in [0.1, 0.15) is 22.8 Å². The van der Waals surface area contributed by atoms with Crippen LogP contribution in [0, 0.1) is 5.82 Å². The molecule has 0 heterocycles. The van der Waals surface area contributed by atoms with Gasteiger partial charge in [-0.3, -0.25) is 9.59 Å². The van der Waals surface area contributed by atoms with E-state index in [0.717, 1.165) is 0 Å². The van der Waals surface area contributed by atoms with Gasteiger partial charge in [0.1, 0.15) is 5.82 Å². The van der Waals surface area contributed by atoms with E-state index < -0.39 is 5.78 Å². The Morgan fingerprint density at radius 1 is 1.22 bits per heavy atom. The van der Waals surface area contributed by atoms with Gasteiger partial charge in [-0.05, 0) is 48.9 Å². The van der Waals surface area contributed by atoms with Gasteiger partial charge >= 0.3 is 0 Å². The van der Waals surface area contributed by atoms with Crippen LogP contribution in [0.15, 0.2) is 57.8 Å². The maximum absolute atomic E-state index is 12.9. The Hall–Kier alpha value is -2.27. The number of allylic oxidation sites excluding steroid dienone is 1. The third-order valence-corrected chi connectivity index (χ3v) is 3.60. The summed E-state index contributed by atoms with van der Waals surface area (Å²) in [4.78, 5) is 24.8. The van der Waals surface area contributed by atoms with Gasteiger partial charge in [0.25, 0.3) is 0 Å². The van der Waals surface area contributed by atoms with E-state index in [4.69, 9.17) is 0 Å². The van der Waals surface area contributed by atoms with Crippen molar-refractivity contribution in [2.45, 2.75) is 6.92 Å². The molecule has 2 aromatic rings. The number of nitrogens with one attached hydrogen (secondary N) is 1. The van der Waals surface area contributed by atoms with Gasteiger partial charge in [-0.2, -0.15) is 0 Å². The highest BCUT2D eigenvalue weighted by atomic mass is 79.9. The molecule has 0 atom stereocenters. The molecule has 0 amide bonds. The van der Waals surface area contributed by atoms with Crippen LogP contribution >= 0.6 is 15.9 Å². The summed E-state index contributed by atoms with van der Waals surface area (Å²) in [6.45, 7) is 2.45. The molecule has 5 heteroatoms. The molecule has 0 fully saturated rings. The Balaban J connectivity index is 2.37. The molecule has 0 aliphatic heterocycles. The normalized spacial score (nSPS) is 10.7. The Kier molecular flexibility index (Phi) is 5.82. The fourth-order valence-electron chi connectivity index (χ4n) is 1.98. The Morgan fingerprint density at radius 2 is 1.91 bits per heavy atom. The van der Waals surface area contributed by atoms with Crippen molar-refractivity contribution in [3.63, 3.8) is 0 Å². The smallest absolute Gasteiger partial charge is 0.212 e. The number of halogens is 2. The molecule has 2 rings (SSSR count). The Morgan fingerprint density at radius 3 is 2.57 bits per heavy atom. The average molecular weight is 376 g/mol. The zero-order valence-corrected chi connectivity index (χ0v) is 14.1. The van der Waals surface area contributed by atoms with E-state index in [1.54, 1.807) is 30.3 Å². The summed E-state index contributed by atoms with van der Waals surface area (Å²) in [7, 11) is 0. The molecule has 0 aliphatic carbocycles. The summed E-state index contributed by atoms with van der Waals surface area (Å²) in [5.74, 6) is -0.750. The number of hydrogen-bond donors (Lipinski definition) is 1. The van der Waals surface area contributed by atoms with Gasteiger partial charge in [0.05, 0.1) is 11.3 Å². The number of carbonyl (C=O) groups is 1. The molecule has 2 aromatic carbocycles. The maximum atomic E-state index is 12.9. The monoisotopic (exact) mass is 375 g/mol. The van der Waals surface area contributed by atoms with Crippen molar-refractivity contribution >= 4 is 33.5 Å². The second kappa shape index (κ2) is 7.83. The highest BCUT2D eigenvalue weighted by molar-refractivity contribution is 9.10. The molecule has 0 aliphatic rings. The van der Waals surface area contributed by atoms with Crippen molar-refractivity contribution in [3.05, 3.63) is 80.2 Å². The lowest BCUT2D eigenvalue weighted by atomic mass is 10.1. The molecular formula is C18H15BrFNO2. The topological polar surface area (TPSA) is 46.2 Å². The molecule has 23 heavy (non-hydrogen) atoms. The first-order chi connectivity index (χ1) is 11.0. The van der Waals surface area contributed by atoms with Crippen LogP contribution < -0.4 is 10.7 Å². The van der Waals surface area contributed by atoms with E-state index in [2.05, 4.69) is 21.2 Å². The van der Waals surface area contributed by atoms with Crippen LogP contribution in [0.25, 0.3) is 6.08 Å². The van der Waals surface area contributed by atoms with E-state index in [1.807, 2.05) is 6.92 Å². The fourth-order valence-corrected chi connectivity index (χ4v) is 2.34. The van der Waals surface area contributed by atoms with Crippen molar-refractivity contribution in [3.8, 4) is 0 Å². The van der Waals surface area contributed by atoms with Crippen molar-refractivity contribution in [2.24, 2.45) is 0 Å². The van der Waals surface area contributed by atoms with Gasteiger partial charge in [-0.15, -0.1) is 0 Å². The SMILES string of the molecule is CCNc1ccc(Br)cc(C(=O)/C=C/c2ccc(F)cc2)c1=O. The maximum Gasteiger partial charge on any atom is 0.212 e. The minimum atomic E-state index is -0.407. The van der Waals surface area contributed by atoms with Crippen LogP contribution in [0.4, 0.5) is 10.1 Å². The lowest BCUT2D eigenvalue weighted by Crippen LogP contribution is -2.15. The quantitative estimate of drug-likeness (QED) is 0.626. The summed E-state index contributed by atoms with van der Waals surface area (Å²) in [6, 6.07) is 10.6. The predicted octanol–water partition coefficient (Wildman–Crippen LogP) is 4.28. The summed E-state index contributed by atoms with van der Waals surface area (Å²) < 4.78 is 13.5. The van der Waals surface area contributed by atoms with Gasteiger partial charge in [0.15, 0.2) is 5.78 Å². The average Bonchev–Trinajstić information content (AvgIpc) is 2.68. The zero-order valence-electron chi connectivity index (χ0n) is 12.5. The number of hydrogen-bond acceptors (Lipinski definition) is 3. The third kappa shape index (κ3) is 4.60. The van der Waals surface area contributed by atoms with E-state index in [1.165, 1.54) is 24.3 Å². The van der Waals surface area contributed by atoms with Crippen LogP contribution in [0.5, 0.6) is 0 Å². The van der Waals surface area contributed by atoms with Gasteiger partial charge < -0.3 is 5.32 Å². The van der Waals surface area contributed by atoms with Crippen molar-refractivity contribution in [1.29, 1.82) is 0 Å². The van der Waals surface area contributed by atoms with E-state index >= 15 is 0 Å². The van der Waals surface area contributed by atoms with Crippen molar-refractivity contribution in [1.82, 2.24) is 0 Å². The standard InChI is InChI=1S/C18H15BrFNO2/c1-2-21-16-9-6-13(19)11-15(18(16)23)17(22)10-5-12-3-7-14(20)8-4-12/h3-11H,2H2,1H3,(H,21,23)/b10-5+. The molecule has 1 N–H and O–H groups in total. The molecule has 0 bridgehead atoms. The lowest BCUT2D eigenvalue weighted by molar-refractivity contribution is 0.104. The molecule has 0 unspecified atom stereocenters. The third-order valence-electron chi connectivity index (χ3n) is 3.11. The minimum Gasteiger partial charge on any atom is -0.382 e. The first-order valence-corrected chi connectivity index (χ1v) is 7.86. The second-order valence-corrected chi connectivity index (χ2v) is 5.71. The molecule has 0 saturated heterocycles. The van der Waals surface area contributed by atoms with E-state index in [-0.39, 0.29) is 16.8 Å². The highest BCUT2D eigenvalue weighted by Crippen LogP contribution is 2.13. The van der Waals surface area contributed by atoms with Crippen LogP contribution in [-0.4, -0.2) is 12.3 Å². The van der Waals surface area contributed by atoms with Gasteiger partial charge in [0.2, 0.25) is 5.43 Å². The van der Waals surface area contributed by atoms with Crippen LogP contribution in [0.2, 0.25) is 0 Å². The molecule has 3 nitrogen and oxygen atoms in total. The van der Waals surface area contributed by atoms with Gasteiger partial charge in [0, 0.05) is 11.0 Å². The molecule has 118 valence electrons. The minimum absolute atomic E-state index is 0.0659. The zero-order chi connectivity index (χ0) is 16.8. The molecule has 0 saturated carbocycles. The van der Waals surface area contributed by atoms with Crippen molar-refractivity contribution < 1.29 is 9.18 Å². The Labute approximate surface area is 142 Å². The van der Waals surface area contributed by atoms with Crippen molar-refractivity contribution in [2.75, 3.05) is 11.9 Å². The number of benzene rings is 1. The van der Waals surface area contributed by atoms with Gasteiger partial charge in [-0.1, -0.05) is 34.1 Å². The number of ketones is 1. The lowest BCUT2D eigenvalue weighted by Gasteiger charge is -1.99. The predicted molar refractivity (Wildman–Crippen MR) is 94.3 cm³/mol. The number of carbonyl (C=O) groups excluding carboxylic acids is 1. The first kappa shape index (κ1) is 17.1. The van der Waals surface area contributed by atoms with Gasteiger partial charge in [-0.25, -0.2) is 4.39 Å². The van der Waals surface area contributed by atoms with Crippen LogP contribution in [-0.2, 0) is 0 Å². The molecule has 0 radical (unpaired) electrons. The van der Waals surface area contributed by atoms with Crippen LogP contribution in [0.3, 0.4) is 0 Å². The fraction of sp³-hybridized carbons (Fsp3) is 0.111. The van der Waals surface area contributed by atoms with E-state index in [0.29, 0.717) is 22.3 Å². The van der Waals surface area contributed by atoms with E-state index in [9.17, 15) is 14.0 Å². The molecule has 0 spiro atoms. The summed E-state index contributed by atoms with van der Waals surface area (Å²) in [6.07, 6.45) is 2.86. The number of anilines is 1. The highest BCUT2D eigenvalue weighted by Gasteiger charge is 2.10. The molecular weight excluding hydrogens is 361 g/mol. The second-order valence-electron chi connectivity index (χ2n) is 4.80. The summed E-state index contributed by atoms with van der Waals surface area (Å²) >= 11 is 3.30. The Bertz CT molecular complexity index is 801. The molecule has 0 aromatic heterocycles. The largest absolute Gasteiger partial charge is 0.382 e.